The van der Waals surface area contributed by atoms with Crippen LogP contribution in [-0.2, 0) is 23.0 Å². The highest BCUT2D eigenvalue weighted by Gasteiger charge is 2.07. The lowest BCUT2D eigenvalue weighted by Gasteiger charge is -2.02. The largest absolute Gasteiger partial charge is 0.338 e. The predicted octanol–water partition coefficient (Wildman–Crippen LogP) is 0.297. The van der Waals surface area contributed by atoms with E-state index in [1.165, 1.54) is 0 Å². The maximum Gasteiger partial charge on any atom is 0.240 e. The zero-order valence-electron chi connectivity index (χ0n) is 11.6. The van der Waals surface area contributed by atoms with Crippen molar-refractivity contribution in [3.63, 3.8) is 0 Å². The van der Waals surface area contributed by atoms with Crippen molar-refractivity contribution in [2.24, 2.45) is 5.92 Å². The molecule has 19 heavy (non-hydrogen) atoms. The summed E-state index contributed by atoms with van der Waals surface area (Å²) >= 11 is 0. The molecule has 0 amide bonds. The van der Waals surface area contributed by atoms with Crippen LogP contribution in [0.15, 0.2) is 4.52 Å². The number of hydrogen-bond donors (Lipinski definition) is 2. The minimum Gasteiger partial charge on any atom is -0.338 e. The molecule has 0 aliphatic carbocycles. The van der Waals surface area contributed by atoms with Gasteiger partial charge in [-0.05, 0) is 18.9 Å². The number of hydrogen-bond acceptors (Lipinski definition) is 6. The summed E-state index contributed by atoms with van der Waals surface area (Å²) in [5, 5.41) is 7.01. The first kappa shape index (κ1) is 16.1. The summed E-state index contributed by atoms with van der Waals surface area (Å²) in [6.07, 6.45) is 2.66. The summed E-state index contributed by atoms with van der Waals surface area (Å²) in [7, 11) is -3.09. The van der Waals surface area contributed by atoms with Crippen LogP contribution in [0.4, 0.5) is 0 Å². The third-order valence-electron chi connectivity index (χ3n) is 2.27. The normalized spacial score (nSPS) is 12.2. The average Bonchev–Trinajstić information content (AvgIpc) is 2.68. The van der Waals surface area contributed by atoms with Gasteiger partial charge in [-0.15, -0.1) is 0 Å². The van der Waals surface area contributed by atoms with Gasteiger partial charge in [0.05, 0.1) is 12.8 Å². The van der Waals surface area contributed by atoms with Crippen molar-refractivity contribution >= 4 is 10.0 Å². The van der Waals surface area contributed by atoms with Crippen molar-refractivity contribution in [2.75, 3.05) is 19.3 Å². The molecule has 0 aliphatic rings. The molecule has 0 saturated heterocycles. The lowest BCUT2D eigenvalue weighted by Crippen LogP contribution is -2.26. The van der Waals surface area contributed by atoms with Crippen LogP contribution in [0, 0.1) is 5.92 Å². The molecule has 0 atom stereocenters. The summed E-state index contributed by atoms with van der Waals surface area (Å²) in [5.41, 5.74) is 0. The first-order chi connectivity index (χ1) is 8.87. The molecule has 7 nitrogen and oxygen atoms in total. The van der Waals surface area contributed by atoms with Gasteiger partial charge >= 0.3 is 0 Å². The van der Waals surface area contributed by atoms with Gasteiger partial charge in [0.1, 0.15) is 0 Å². The summed E-state index contributed by atoms with van der Waals surface area (Å²) in [4.78, 5) is 4.26. The molecule has 1 rings (SSSR count). The van der Waals surface area contributed by atoms with Gasteiger partial charge in [-0.1, -0.05) is 19.0 Å². The van der Waals surface area contributed by atoms with Crippen LogP contribution in [0.5, 0.6) is 0 Å². The van der Waals surface area contributed by atoms with E-state index in [0.717, 1.165) is 18.5 Å². The van der Waals surface area contributed by atoms with Gasteiger partial charge in [0.15, 0.2) is 5.82 Å². The zero-order valence-corrected chi connectivity index (χ0v) is 12.5. The zero-order chi connectivity index (χ0) is 14.3. The van der Waals surface area contributed by atoms with Crippen LogP contribution in [0.25, 0.3) is 0 Å². The Hall–Kier alpha value is -0.990. The molecule has 8 heteroatoms. The summed E-state index contributed by atoms with van der Waals surface area (Å²) in [6, 6.07) is 0. The van der Waals surface area contributed by atoms with Crippen molar-refractivity contribution in [3.05, 3.63) is 11.7 Å². The van der Waals surface area contributed by atoms with Crippen LogP contribution in [-0.4, -0.2) is 37.9 Å². The molecule has 0 aliphatic heterocycles. The quantitative estimate of drug-likeness (QED) is 0.635. The lowest BCUT2D eigenvalue weighted by molar-refractivity contribution is 0.361. The molecule has 0 radical (unpaired) electrons. The highest BCUT2D eigenvalue weighted by atomic mass is 32.2. The van der Waals surface area contributed by atoms with E-state index in [9.17, 15) is 8.42 Å². The van der Waals surface area contributed by atoms with Gasteiger partial charge in [0.25, 0.3) is 0 Å². The third-order valence-corrected chi connectivity index (χ3v) is 3.00. The maximum absolute atomic E-state index is 10.8. The molecule has 0 unspecified atom stereocenters. The van der Waals surface area contributed by atoms with Gasteiger partial charge in [-0.2, -0.15) is 4.98 Å². The second-order valence-electron chi connectivity index (χ2n) is 4.90. The van der Waals surface area contributed by atoms with Crippen molar-refractivity contribution in [2.45, 2.75) is 33.2 Å². The van der Waals surface area contributed by atoms with Crippen molar-refractivity contribution in [1.29, 1.82) is 0 Å². The molecular formula is C11H22N4O3S. The number of nitrogens with zero attached hydrogens (tertiary/aromatic N) is 2. The summed E-state index contributed by atoms with van der Waals surface area (Å²) in [5.74, 6) is 1.79. The van der Waals surface area contributed by atoms with Gasteiger partial charge in [-0.25, -0.2) is 13.1 Å². The Bertz CT molecular complexity index is 470. The maximum atomic E-state index is 10.8. The van der Waals surface area contributed by atoms with Crippen LogP contribution in [0.1, 0.15) is 32.0 Å². The number of rotatable bonds is 9. The number of sulfonamides is 1. The van der Waals surface area contributed by atoms with E-state index in [1.807, 2.05) is 0 Å². The van der Waals surface area contributed by atoms with Crippen molar-refractivity contribution in [3.8, 4) is 0 Å². The van der Waals surface area contributed by atoms with E-state index in [0.29, 0.717) is 37.9 Å². The molecule has 0 bridgehead atoms. The Balaban J connectivity index is 2.14. The molecule has 1 heterocycles. The fraction of sp³-hybridized carbons (Fsp3) is 0.818. The summed E-state index contributed by atoms with van der Waals surface area (Å²) in [6.45, 7) is 5.81. The molecule has 2 N–H and O–H groups in total. The predicted molar refractivity (Wildman–Crippen MR) is 72.0 cm³/mol. The highest BCUT2D eigenvalue weighted by Crippen LogP contribution is 2.04. The van der Waals surface area contributed by atoms with Crippen molar-refractivity contribution in [1.82, 2.24) is 20.2 Å². The SMILES string of the molecule is CC(C)Cc1noc(CNCCCNS(C)(=O)=O)n1. The smallest absolute Gasteiger partial charge is 0.240 e. The Morgan fingerprint density at radius 2 is 2.05 bits per heavy atom. The number of nitrogens with one attached hydrogen (secondary N) is 2. The monoisotopic (exact) mass is 290 g/mol. The Labute approximate surface area is 114 Å². The number of aromatic nitrogens is 2. The van der Waals surface area contributed by atoms with E-state index < -0.39 is 10.0 Å². The summed E-state index contributed by atoms with van der Waals surface area (Å²) < 4.78 is 29.1. The molecule has 0 saturated carbocycles. The Morgan fingerprint density at radius 1 is 1.32 bits per heavy atom. The molecule has 1 aromatic rings. The first-order valence-electron chi connectivity index (χ1n) is 6.33. The minimum atomic E-state index is -3.09. The third kappa shape index (κ3) is 7.91. The van der Waals surface area contributed by atoms with E-state index in [2.05, 4.69) is 34.0 Å². The highest BCUT2D eigenvalue weighted by molar-refractivity contribution is 7.88. The average molecular weight is 290 g/mol. The van der Waals surface area contributed by atoms with E-state index in [1.54, 1.807) is 0 Å². The topological polar surface area (TPSA) is 97.1 Å². The van der Waals surface area contributed by atoms with Gasteiger partial charge in [0, 0.05) is 13.0 Å². The fourth-order valence-corrected chi connectivity index (χ4v) is 1.99. The lowest BCUT2D eigenvalue weighted by atomic mass is 10.1. The standard InChI is InChI=1S/C11H22N4O3S/c1-9(2)7-10-14-11(18-15-10)8-12-5-4-6-13-19(3,16)17/h9,12-13H,4-8H2,1-3H3. The molecule has 1 aromatic heterocycles. The van der Waals surface area contributed by atoms with Crippen LogP contribution >= 0.6 is 0 Å². The van der Waals surface area contributed by atoms with Crippen LogP contribution in [0.2, 0.25) is 0 Å². The molecule has 0 fully saturated rings. The second-order valence-corrected chi connectivity index (χ2v) is 6.73. The first-order valence-corrected chi connectivity index (χ1v) is 8.23. The molecule has 0 spiro atoms. The Morgan fingerprint density at radius 3 is 2.68 bits per heavy atom. The Kier molecular flexibility index (Phi) is 6.40. The minimum absolute atomic E-state index is 0.425. The van der Waals surface area contributed by atoms with Crippen LogP contribution in [0.3, 0.4) is 0 Å². The van der Waals surface area contributed by atoms with Gasteiger partial charge in [0.2, 0.25) is 15.9 Å². The molecular weight excluding hydrogens is 268 g/mol. The second kappa shape index (κ2) is 7.56. The van der Waals surface area contributed by atoms with Crippen molar-refractivity contribution < 1.29 is 12.9 Å². The van der Waals surface area contributed by atoms with E-state index in [-0.39, 0.29) is 0 Å². The van der Waals surface area contributed by atoms with Gasteiger partial charge in [-0.3, -0.25) is 0 Å². The van der Waals surface area contributed by atoms with Crippen LogP contribution < -0.4 is 10.0 Å². The van der Waals surface area contributed by atoms with E-state index in [4.69, 9.17) is 4.52 Å². The molecule has 110 valence electrons. The van der Waals surface area contributed by atoms with Gasteiger partial charge < -0.3 is 9.84 Å². The van der Waals surface area contributed by atoms with E-state index >= 15 is 0 Å². The fourth-order valence-electron chi connectivity index (χ4n) is 1.48. The molecule has 0 aromatic carbocycles.